The number of benzene rings is 2. The summed E-state index contributed by atoms with van der Waals surface area (Å²) in [6.07, 6.45) is 2.50. The Kier molecular flexibility index (Phi) is 10.6. The van der Waals surface area contributed by atoms with Crippen molar-refractivity contribution < 1.29 is 23.4 Å². The van der Waals surface area contributed by atoms with E-state index in [1.54, 1.807) is 13.0 Å². The van der Waals surface area contributed by atoms with Gasteiger partial charge in [0.25, 0.3) is 13.9 Å². The molecule has 232 valence electrons. The van der Waals surface area contributed by atoms with E-state index in [-0.39, 0.29) is 24.7 Å². The second-order valence-corrected chi connectivity index (χ2v) is 15.7. The number of H-pyrrole nitrogens is 1. The van der Waals surface area contributed by atoms with Crippen LogP contribution in [0.3, 0.4) is 0 Å². The number of carbonyl (C=O) groups is 1. The molecule has 1 N–H and O–H groups in total. The van der Waals surface area contributed by atoms with Crippen molar-refractivity contribution in [2.45, 2.75) is 57.5 Å². The van der Waals surface area contributed by atoms with Crippen LogP contribution in [0.25, 0.3) is 10.4 Å². The Bertz CT molecular complexity index is 1570. The zero-order valence-corrected chi connectivity index (χ0v) is 26.2. The van der Waals surface area contributed by atoms with E-state index in [9.17, 15) is 14.4 Å². The van der Waals surface area contributed by atoms with Crippen LogP contribution in [-0.2, 0) is 18.6 Å². The van der Waals surface area contributed by atoms with Gasteiger partial charge in [0.05, 0.1) is 12.6 Å². The molecule has 0 amide bonds. The van der Waals surface area contributed by atoms with Crippen LogP contribution in [0.15, 0.2) is 93.7 Å². The number of nitrogens with zero attached hydrogens (tertiary/aromatic N) is 4. The lowest BCUT2D eigenvalue weighted by Gasteiger charge is -2.42. The zero-order chi connectivity index (χ0) is 31.7. The summed E-state index contributed by atoms with van der Waals surface area (Å²) < 4.78 is 24.2. The first-order chi connectivity index (χ1) is 21.1. The molecule has 1 aliphatic heterocycles. The quantitative estimate of drug-likeness (QED) is 0.0845. The van der Waals surface area contributed by atoms with Gasteiger partial charge in [-0.1, -0.05) is 92.6 Å². The molecule has 1 saturated heterocycles. The van der Waals surface area contributed by atoms with Crippen LogP contribution < -0.4 is 21.6 Å². The van der Waals surface area contributed by atoms with E-state index in [2.05, 4.69) is 60.0 Å². The minimum absolute atomic E-state index is 0.0388. The van der Waals surface area contributed by atoms with E-state index in [0.717, 1.165) is 0 Å². The van der Waals surface area contributed by atoms with Crippen molar-refractivity contribution in [2.24, 2.45) is 5.11 Å². The highest BCUT2D eigenvalue weighted by Crippen LogP contribution is 2.36. The van der Waals surface area contributed by atoms with Gasteiger partial charge in [-0.25, -0.2) is 9.59 Å². The van der Waals surface area contributed by atoms with Gasteiger partial charge < -0.3 is 18.6 Å². The molecular weight excluding hydrogens is 582 g/mol. The first-order valence-corrected chi connectivity index (χ1v) is 16.2. The van der Waals surface area contributed by atoms with Crippen LogP contribution in [0.4, 0.5) is 4.79 Å². The molecule has 0 saturated carbocycles. The molecule has 1 fully saturated rings. The van der Waals surface area contributed by atoms with E-state index >= 15 is 0 Å². The molecule has 0 spiro atoms. The molecular formula is C31H37N5O7Si. The average Bonchev–Trinajstić information content (AvgIpc) is 3.40. The Labute approximate surface area is 256 Å². The molecule has 2 heterocycles. The van der Waals surface area contributed by atoms with Gasteiger partial charge in [-0.2, -0.15) is 0 Å². The number of rotatable bonds is 11. The maximum absolute atomic E-state index is 12.3. The molecule has 3 aromatic rings. The second kappa shape index (κ2) is 14.4. The van der Waals surface area contributed by atoms with Crippen molar-refractivity contribution in [1.29, 1.82) is 0 Å². The number of aromatic amines is 1. The monoisotopic (exact) mass is 619 g/mol. The fraction of sp³-hybridized carbons (Fsp3) is 0.387. The molecule has 2 aromatic carbocycles. The van der Waals surface area contributed by atoms with Crippen LogP contribution in [0, 0.1) is 6.92 Å². The van der Waals surface area contributed by atoms with Gasteiger partial charge in [-0.3, -0.25) is 14.3 Å². The van der Waals surface area contributed by atoms with Crippen LogP contribution in [0.1, 0.15) is 39.0 Å². The highest BCUT2D eigenvalue weighted by atomic mass is 28.4. The van der Waals surface area contributed by atoms with E-state index in [1.165, 1.54) is 21.1 Å². The highest BCUT2D eigenvalue weighted by Gasteiger charge is 2.49. The lowest BCUT2D eigenvalue weighted by molar-refractivity contribution is -0.0410. The number of hydrogen-bond acceptors (Lipinski definition) is 8. The maximum Gasteiger partial charge on any atom is 0.508 e. The molecule has 4 rings (SSSR count). The number of hydrogen-bond donors (Lipinski definition) is 1. The number of ether oxygens (including phenoxy) is 3. The Morgan fingerprint density at radius 1 is 1.07 bits per heavy atom. The molecule has 12 nitrogen and oxygen atoms in total. The largest absolute Gasteiger partial charge is 0.508 e. The van der Waals surface area contributed by atoms with Crippen molar-refractivity contribution in [3.63, 3.8) is 0 Å². The van der Waals surface area contributed by atoms with Crippen molar-refractivity contribution in [3.8, 4) is 0 Å². The summed E-state index contributed by atoms with van der Waals surface area (Å²) in [5.74, 6) is 0. The summed E-state index contributed by atoms with van der Waals surface area (Å²) in [6.45, 7) is 8.18. The Balaban J connectivity index is 1.33. The van der Waals surface area contributed by atoms with Crippen LogP contribution in [-0.4, -0.2) is 56.0 Å². The number of aryl methyl sites for hydroxylation is 1. The number of aromatic nitrogens is 2. The van der Waals surface area contributed by atoms with Crippen LogP contribution in [0.5, 0.6) is 0 Å². The van der Waals surface area contributed by atoms with Gasteiger partial charge >= 0.3 is 11.8 Å². The summed E-state index contributed by atoms with van der Waals surface area (Å²) in [5.41, 5.74) is 8.13. The third-order valence-electron chi connectivity index (χ3n) is 7.50. The van der Waals surface area contributed by atoms with Gasteiger partial charge in [0.1, 0.15) is 25.5 Å². The molecule has 44 heavy (non-hydrogen) atoms. The van der Waals surface area contributed by atoms with Crippen molar-refractivity contribution in [1.82, 2.24) is 9.55 Å². The summed E-state index contributed by atoms with van der Waals surface area (Å²) >= 11 is 0. The number of nitrogens with one attached hydrogen (secondary N) is 1. The predicted molar refractivity (Wildman–Crippen MR) is 168 cm³/mol. The first kappa shape index (κ1) is 32.5. The lowest BCUT2D eigenvalue weighted by atomic mass is 10.1. The molecule has 0 radical (unpaired) electrons. The molecule has 0 bridgehead atoms. The summed E-state index contributed by atoms with van der Waals surface area (Å²) in [5, 5.41) is 5.89. The lowest BCUT2D eigenvalue weighted by Crippen LogP contribution is -2.66. The average molecular weight is 620 g/mol. The fourth-order valence-corrected chi connectivity index (χ4v) is 9.90. The van der Waals surface area contributed by atoms with E-state index in [4.69, 9.17) is 24.2 Å². The minimum Gasteiger partial charge on any atom is -0.432 e. The minimum atomic E-state index is -2.68. The fourth-order valence-electron chi connectivity index (χ4n) is 5.40. The maximum atomic E-state index is 12.3. The molecule has 0 aliphatic carbocycles. The summed E-state index contributed by atoms with van der Waals surface area (Å²) in [4.78, 5) is 41.3. The molecule has 1 aliphatic rings. The smallest absolute Gasteiger partial charge is 0.432 e. The van der Waals surface area contributed by atoms with E-state index in [1.807, 2.05) is 42.5 Å². The third kappa shape index (κ3) is 7.37. The second-order valence-electron chi connectivity index (χ2n) is 11.4. The predicted octanol–water partition coefficient (Wildman–Crippen LogP) is 4.10. The Morgan fingerprint density at radius 2 is 1.68 bits per heavy atom. The van der Waals surface area contributed by atoms with Gasteiger partial charge in [-0.15, -0.1) is 0 Å². The topological polar surface area (TPSA) is 158 Å². The van der Waals surface area contributed by atoms with Gasteiger partial charge in [-0.05, 0) is 33.9 Å². The summed E-state index contributed by atoms with van der Waals surface area (Å²) in [7, 11) is -2.68. The molecule has 13 heteroatoms. The van der Waals surface area contributed by atoms with Crippen LogP contribution in [0.2, 0.25) is 5.04 Å². The first-order valence-electron chi connectivity index (χ1n) is 14.3. The van der Waals surface area contributed by atoms with Gasteiger partial charge in [0.15, 0.2) is 0 Å². The normalized spacial score (nSPS) is 18.6. The standard InChI is InChI=1S/C31H37N5O7Si/c1-22-20-36(29(38)33-28(22)37)27-19-25(34-35-32)26(43-27)21-41-30(39)40-17-11-12-18-42-44(31(2,3)4,23-13-7-5-8-14-23)24-15-9-6-10-16-24/h5-16,20,25-27H,17-19,21H2,1-4H3,(H,33,37,38)/b12-11+/t25-,26+,27+/m0/s1. The van der Waals surface area contributed by atoms with Crippen molar-refractivity contribution in [2.75, 3.05) is 19.8 Å². The molecule has 0 unspecified atom stereocenters. The van der Waals surface area contributed by atoms with Crippen molar-refractivity contribution in [3.05, 3.63) is 116 Å². The highest BCUT2D eigenvalue weighted by molar-refractivity contribution is 6.99. The number of azide groups is 1. The van der Waals surface area contributed by atoms with Crippen LogP contribution >= 0.6 is 0 Å². The third-order valence-corrected chi connectivity index (χ3v) is 12.5. The molecule has 3 atom stereocenters. The Hall–Kier alpha value is -4.42. The summed E-state index contributed by atoms with van der Waals surface area (Å²) in [6, 6.07) is 19.9. The SMILES string of the molecule is Cc1cn([C@H]2C[C@H](N=[N+]=[N-])[C@@H](COC(=O)OC/C=C/CO[Si](c3ccccc3)(c3ccccc3)C(C)(C)C)O2)c(=O)[nH]c1=O. The van der Waals surface area contributed by atoms with E-state index < -0.39 is 44.1 Å². The van der Waals surface area contributed by atoms with Gasteiger partial charge in [0.2, 0.25) is 0 Å². The van der Waals surface area contributed by atoms with Gasteiger partial charge in [0, 0.05) is 23.1 Å². The van der Waals surface area contributed by atoms with Crippen molar-refractivity contribution >= 4 is 24.8 Å². The molecule has 1 aromatic heterocycles. The van der Waals surface area contributed by atoms with E-state index in [0.29, 0.717) is 12.2 Å². The Morgan fingerprint density at radius 3 is 2.27 bits per heavy atom. The number of carbonyl (C=O) groups excluding carboxylic acids is 1. The zero-order valence-electron chi connectivity index (χ0n) is 25.2.